The third-order valence-corrected chi connectivity index (χ3v) is 4.78. The maximum Gasteiger partial charge on any atom is 0.220 e. The fraction of sp³-hybridized carbons (Fsp3) is 0.381. The average molecular weight is 322 g/mol. The van der Waals surface area contributed by atoms with Gasteiger partial charge in [-0.2, -0.15) is 0 Å². The van der Waals surface area contributed by atoms with Crippen molar-refractivity contribution in [3.8, 4) is 0 Å². The van der Waals surface area contributed by atoms with Crippen molar-refractivity contribution in [2.75, 3.05) is 19.6 Å². The zero-order valence-electron chi connectivity index (χ0n) is 14.1. The van der Waals surface area contributed by atoms with Crippen molar-refractivity contribution < 1.29 is 4.79 Å². The standard InChI is InChI=1S/C21H26N2O/c24-21(23-16-17-8-7-13-22-15-17)14-20(18-9-3-1-4-10-18)19-11-5-2-6-12-19/h1-6,9-12,17,20,22H,7-8,13-16H2,(H,23,24). The number of carbonyl (C=O) groups is 1. The number of nitrogens with one attached hydrogen (secondary N) is 2. The summed E-state index contributed by atoms with van der Waals surface area (Å²) in [6.07, 6.45) is 2.90. The molecule has 1 aliphatic rings. The Labute approximate surface area is 144 Å². The van der Waals surface area contributed by atoms with Gasteiger partial charge in [0.15, 0.2) is 0 Å². The van der Waals surface area contributed by atoms with Crippen molar-refractivity contribution in [2.45, 2.75) is 25.2 Å². The summed E-state index contributed by atoms with van der Waals surface area (Å²) in [4.78, 5) is 12.5. The molecule has 0 spiro atoms. The first-order valence-corrected chi connectivity index (χ1v) is 8.90. The van der Waals surface area contributed by atoms with Crippen LogP contribution in [-0.2, 0) is 4.79 Å². The molecule has 2 aromatic rings. The minimum Gasteiger partial charge on any atom is -0.356 e. The summed E-state index contributed by atoms with van der Waals surface area (Å²) >= 11 is 0. The van der Waals surface area contributed by atoms with Crippen LogP contribution in [0.2, 0.25) is 0 Å². The highest BCUT2D eigenvalue weighted by atomic mass is 16.1. The number of piperidine rings is 1. The maximum absolute atomic E-state index is 12.5. The highest BCUT2D eigenvalue weighted by Crippen LogP contribution is 2.27. The van der Waals surface area contributed by atoms with Crippen LogP contribution < -0.4 is 10.6 Å². The molecule has 1 unspecified atom stereocenters. The van der Waals surface area contributed by atoms with Crippen molar-refractivity contribution in [3.05, 3.63) is 71.8 Å². The van der Waals surface area contributed by atoms with Crippen LogP contribution in [0, 0.1) is 5.92 Å². The first kappa shape index (κ1) is 16.7. The smallest absolute Gasteiger partial charge is 0.220 e. The Balaban J connectivity index is 1.64. The van der Waals surface area contributed by atoms with E-state index >= 15 is 0 Å². The van der Waals surface area contributed by atoms with E-state index in [4.69, 9.17) is 0 Å². The first-order chi connectivity index (χ1) is 11.8. The molecule has 2 aromatic carbocycles. The molecule has 1 atom stereocenters. The summed E-state index contributed by atoms with van der Waals surface area (Å²) in [6.45, 7) is 2.90. The lowest BCUT2D eigenvalue weighted by Gasteiger charge is -2.23. The molecule has 3 nitrogen and oxygen atoms in total. The largest absolute Gasteiger partial charge is 0.356 e. The number of carbonyl (C=O) groups excluding carboxylic acids is 1. The van der Waals surface area contributed by atoms with E-state index in [2.05, 4.69) is 34.9 Å². The molecule has 1 saturated heterocycles. The van der Waals surface area contributed by atoms with E-state index < -0.39 is 0 Å². The van der Waals surface area contributed by atoms with Gasteiger partial charge in [-0.15, -0.1) is 0 Å². The molecule has 2 N–H and O–H groups in total. The SMILES string of the molecule is O=C(CC(c1ccccc1)c1ccccc1)NCC1CCCNC1. The number of hydrogen-bond acceptors (Lipinski definition) is 2. The summed E-state index contributed by atoms with van der Waals surface area (Å²) in [5, 5.41) is 6.54. The van der Waals surface area contributed by atoms with E-state index in [0.29, 0.717) is 12.3 Å². The second-order valence-corrected chi connectivity index (χ2v) is 6.59. The van der Waals surface area contributed by atoms with Gasteiger partial charge >= 0.3 is 0 Å². The first-order valence-electron chi connectivity index (χ1n) is 8.90. The van der Waals surface area contributed by atoms with Gasteiger partial charge in [0.1, 0.15) is 0 Å². The zero-order chi connectivity index (χ0) is 16.6. The Morgan fingerprint density at radius 1 is 1.04 bits per heavy atom. The van der Waals surface area contributed by atoms with Crippen LogP contribution in [-0.4, -0.2) is 25.5 Å². The van der Waals surface area contributed by atoms with E-state index in [1.807, 2.05) is 36.4 Å². The van der Waals surface area contributed by atoms with Gasteiger partial charge < -0.3 is 10.6 Å². The second-order valence-electron chi connectivity index (χ2n) is 6.59. The summed E-state index contributed by atoms with van der Waals surface area (Å²) in [7, 11) is 0. The zero-order valence-corrected chi connectivity index (χ0v) is 14.1. The molecular formula is C21H26N2O. The highest BCUT2D eigenvalue weighted by molar-refractivity contribution is 5.77. The molecule has 3 heteroatoms. The quantitative estimate of drug-likeness (QED) is 0.856. The van der Waals surface area contributed by atoms with Crippen molar-refractivity contribution in [3.63, 3.8) is 0 Å². The Morgan fingerprint density at radius 2 is 1.67 bits per heavy atom. The molecule has 0 radical (unpaired) electrons. The average Bonchev–Trinajstić information content (AvgIpc) is 2.67. The minimum absolute atomic E-state index is 0.108. The molecule has 0 aliphatic carbocycles. The predicted molar refractivity (Wildman–Crippen MR) is 97.9 cm³/mol. The Kier molecular flexibility index (Phi) is 6.02. The molecular weight excluding hydrogens is 296 g/mol. The van der Waals surface area contributed by atoms with Crippen molar-refractivity contribution in [1.29, 1.82) is 0 Å². The third kappa shape index (κ3) is 4.68. The fourth-order valence-corrected chi connectivity index (χ4v) is 3.41. The van der Waals surface area contributed by atoms with Gasteiger partial charge in [-0.3, -0.25) is 4.79 Å². The number of hydrogen-bond donors (Lipinski definition) is 2. The van der Waals surface area contributed by atoms with Crippen molar-refractivity contribution >= 4 is 5.91 Å². The van der Waals surface area contributed by atoms with Crippen LogP contribution >= 0.6 is 0 Å². The van der Waals surface area contributed by atoms with E-state index in [1.54, 1.807) is 0 Å². The van der Waals surface area contributed by atoms with Gasteiger partial charge in [-0.05, 0) is 43.0 Å². The Bertz CT molecular complexity index is 581. The number of benzene rings is 2. The van der Waals surface area contributed by atoms with E-state index in [9.17, 15) is 4.79 Å². The predicted octanol–water partition coefficient (Wildman–Crippen LogP) is 3.32. The third-order valence-electron chi connectivity index (χ3n) is 4.78. The molecule has 126 valence electrons. The summed E-state index contributed by atoms with van der Waals surface area (Å²) in [5.74, 6) is 0.810. The van der Waals surface area contributed by atoms with Gasteiger partial charge in [-0.1, -0.05) is 60.7 Å². The van der Waals surface area contributed by atoms with Gasteiger partial charge in [-0.25, -0.2) is 0 Å². The van der Waals surface area contributed by atoms with Gasteiger partial charge in [0.25, 0.3) is 0 Å². The van der Waals surface area contributed by atoms with Crippen LogP contribution in [0.3, 0.4) is 0 Å². The van der Waals surface area contributed by atoms with E-state index in [0.717, 1.165) is 19.6 Å². The summed E-state index contributed by atoms with van der Waals surface area (Å²) in [6, 6.07) is 20.6. The topological polar surface area (TPSA) is 41.1 Å². The molecule has 1 heterocycles. The van der Waals surface area contributed by atoms with E-state index in [-0.39, 0.29) is 11.8 Å². The summed E-state index contributed by atoms with van der Waals surface area (Å²) in [5.41, 5.74) is 2.39. The van der Waals surface area contributed by atoms with Crippen LogP contribution in [0.25, 0.3) is 0 Å². The Morgan fingerprint density at radius 3 is 2.21 bits per heavy atom. The molecule has 1 amide bonds. The van der Waals surface area contributed by atoms with Crippen LogP contribution in [0.5, 0.6) is 0 Å². The van der Waals surface area contributed by atoms with Crippen molar-refractivity contribution in [2.24, 2.45) is 5.92 Å². The monoisotopic (exact) mass is 322 g/mol. The molecule has 0 saturated carbocycles. The molecule has 0 aromatic heterocycles. The van der Waals surface area contributed by atoms with E-state index in [1.165, 1.54) is 24.0 Å². The van der Waals surface area contributed by atoms with Crippen LogP contribution in [0.4, 0.5) is 0 Å². The highest BCUT2D eigenvalue weighted by Gasteiger charge is 2.19. The van der Waals surface area contributed by atoms with Crippen LogP contribution in [0.15, 0.2) is 60.7 Å². The normalized spacial score (nSPS) is 17.6. The van der Waals surface area contributed by atoms with Gasteiger partial charge in [0.05, 0.1) is 0 Å². The molecule has 24 heavy (non-hydrogen) atoms. The molecule has 1 fully saturated rings. The fourth-order valence-electron chi connectivity index (χ4n) is 3.41. The lowest BCUT2D eigenvalue weighted by molar-refractivity contribution is -0.121. The van der Waals surface area contributed by atoms with Crippen molar-refractivity contribution in [1.82, 2.24) is 10.6 Å². The molecule has 3 rings (SSSR count). The second kappa shape index (κ2) is 8.65. The maximum atomic E-state index is 12.5. The number of amides is 1. The Hall–Kier alpha value is -2.13. The van der Waals surface area contributed by atoms with Gasteiger partial charge in [0.2, 0.25) is 5.91 Å². The number of rotatable bonds is 6. The molecule has 0 bridgehead atoms. The molecule has 1 aliphatic heterocycles. The summed E-state index contributed by atoms with van der Waals surface area (Å²) < 4.78 is 0. The lowest BCUT2D eigenvalue weighted by atomic mass is 9.88. The van der Waals surface area contributed by atoms with Crippen LogP contribution in [0.1, 0.15) is 36.3 Å². The minimum atomic E-state index is 0.108. The lowest BCUT2D eigenvalue weighted by Crippen LogP contribution is -2.38. The van der Waals surface area contributed by atoms with Gasteiger partial charge in [0, 0.05) is 18.9 Å².